The first-order chi connectivity index (χ1) is 17.2. The van der Waals surface area contributed by atoms with Gasteiger partial charge in [0.25, 0.3) is 11.1 Å². The standard InChI is InChI=1S/C27H22BrFN2O4S/c1-16-4-3-5-22(17(16)2)30-25(32)14-31-26(33)24(36-27(31)34)13-19-12-20(28)8-11-23(19)35-15-18-6-9-21(29)10-7-18/h3-13H,14-15H2,1-2H3,(H,30,32)/b24-13-. The molecule has 0 radical (unpaired) electrons. The number of anilines is 1. The number of amides is 3. The number of nitrogens with zero attached hydrogens (tertiary/aromatic N) is 1. The maximum Gasteiger partial charge on any atom is 0.294 e. The molecule has 1 aliphatic rings. The lowest BCUT2D eigenvalue weighted by Gasteiger charge is -2.14. The molecule has 1 N–H and O–H groups in total. The summed E-state index contributed by atoms with van der Waals surface area (Å²) in [7, 11) is 0. The van der Waals surface area contributed by atoms with Gasteiger partial charge in [-0.15, -0.1) is 0 Å². The third-order valence-corrected chi connectivity index (χ3v) is 7.02. The molecule has 184 valence electrons. The van der Waals surface area contributed by atoms with Gasteiger partial charge in [-0.2, -0.15) is 0 Å². The fraction of sp³-hybridized carbons (Fsp3) is 0.148. The van der Waals surface area contributed by atoms with Gasteiger partial charge >= 0.3 is 0 Å². The van der Waals surface area contributed by atoms with E-state index in [0.29, 0.717) is 17.0 Å². The molecule has 3 amide bonds. The van der Waals surface area contributed by atoms with E-state index in [2.05, 4.69) is 21.2 Å². The quantitative estimate of drug-likeness (QED) is 0.331. The predicted molar refractivity (Wildman–Crippen MR) is 142 cm³/mol. The van der Waals surface area contributed by atoms with Crippen LogP contribution in [0.4, 0.5) is 14.9 Å². The maximum atomic E-state index is 13.2. The number of benzene rings is 3. The number of hydrogen-bond donors (Lipinski definition) is 1. The molecule has 6 nitrogen and oxygen atoms in total. The van der Waals surface area contributed by atoms with Crippen LogP contribution in [0.25, 0.3) is 6.08 Å². The van der Waals surface area contributed by atoms with Gasteiger partial charge in [0, 0.05) is 15.7 Å². The second-order valence-corrected chi connectivity index (χ2v) is 10.1. The zero-order chi connectivity index (χ0) is 25.8. The summed E-state index contributed by atoms with van der Waals surface area (Å²) in [6, 6.07) is 16.8. The summed E-state index contributed by atoms with van der Waals surface area (Å²) < 4.78 is 19.8. The third-order valence-electron chi connectivity index (χ3n) is 5.62. The molecule has 0 spiro atoms. The summed E-state index contributed by atoms with van der Waals surface area (Å²) in [4.78, 5) is 39.2. The van der Waals surface area contributed by atoms with Crippen LogP contribution in [0.15, 0.2) is 70.0 Å². The highest BCUT2D eigenvalue weighted by Gasteiger charge is 2.36. The minimum Gasteiger partial charge on any atom is -0.488 e. The summed E-state index contributed by atoms with van der Waals surface area (Å²) in [5.41, 5.74) is 3.94. The van der Waals surface area contributed by atoms with Gasteiger partial charge in [-0.25, -0.2) is 4.39 Å². The van der Waals surface area contributed by atoms with Gasteiger partial charge in [-0.1, -0.05) is 40.2 Å². The molecular weight excluding hydrogens is 547 g/mol. The SMILES string of the molecule is Cc1cccc(NC(=O)CN2C(=O)S/C(=C\c3cc(Br)ccc3OCc3ccc(F)cc3)C2=O)c1C. The highest BCUT2D eigenvalue weighted by molar-refractivity contribution is 9.10. The van der Waals surface area contributed by atoms with Crippen LogP contribution in [0, 0.1) is 19.7 Å². The van der Waals surface area contributed by atoms with Crippen LogP contribution in [0.5, 0.6) is 5.75 Å². The Bertz CT molecular complexity index is 1370. The van der Waals surface area contributed by atoms with E-state index >= 15 is 0 Å². The number of aryl methyl sites for hydroxylation is 1. The average Bonchev–Trinajstić information content (AvgIpc) is 3.10. The summed E-state index contributed by atoms with van der Waals surface area (Å²) in [5, 5.41) is 2.25. The number of hydrogen-bond acceptors (Lipinski definition) is 5. The Morgan fingerprint density at radius 1 is 1.11 bits per heavy atom. The van der Waals surface area contributed by atoms with Crippen LogP contribution in [-0.2, 0) is 16.2 Å². The van der Waals surface area contributed by atoms with Crippen molar-refractivity contribution in [3.05, 3.63) is 98.1 Å². The van der Waals surface area contributed by atoms with Gasteiger partial charge < -0.3 is 10.1 Å². The summed E-state index contributed by atoms with van der Waals surface area (Å²) in [5.74, 6) is -0.855. The third kappa shape index (κ3) is 6.03. The normalized spacial score (nSPS) is 14.4. The number of carbonyl (C=O) groups excluding carboxylic acids is 3. The summed E-state index contributed by atoms with van der Waals surface area (Å²) >= 11 is 4.18. The number of thioether (sulfide) groups is 1. The molecule has 1 heterocycles. The van der Waals surface area contributed by atoms with Gasteiger partial charge in [0.1, 0.15) is 24.7 Å². The molecule has 0 aliphatic carbocycles. The Hall–Kier alpha value is -3.43. The fourth-order valence-corrected chi connectivity index (χ4v) is 4.71. The molecule has 0 unspecified atom stereocenters. The Kier molecular flexibility index (Phi) is 7.91. The van der Waals surface area contributed by atoms with E-state index in [1.165, 1.54) is 12.1 Å². The number of rotatable bonds is 7. The second kappa shape index (κ2) is 11.1. The fourth-order valence-electron chi connectivity index (χ4n) is 3.50. The first kappa shape index (κ1) is 25.7. The highest BCUT2D eigenvalue weighted by atomic mass is 79.9. The van der Waals surface area contributed by atoms with E-state index in [-0.39, 0.29) is 23.9 Å². The Morgan fingerprint density at radius 2 is 1.86 bits per heavy atom. The lowest BCUT2D eigenvalue weighted by atomic mass is 10.1. The van der Waals surface area contributed by atoms with Crippen LogP contribution in [0.2, 0.25) is 0 Å². The van der Waals surface area contributed by atoms with Crippen molar-refractivity contribution in [3.63, 3.8) is 0 Å². The van der Waals surface area contributed by atoms with E-state index in [0.717, 1.165) is 37.8 Å². The zero-order valence-corrected chi connectivity index (χ0v) is 21.9. The lowest BCUT2D eigenvalue weighted by Crippen LogP contribution is -2.36. The molecule has 0 bridgehead atoms. The molecule has 9 heteroatoms. The van der Waals surface area contributed by atoms with Crippen LogP contribution in [-0.4, -0.2) is 28.5 Å². The van der Waals surface area contributed by atoms with Crippen molar-refractivity contribution in [2.75, 3.05) is 11.9 Å². The monoisotopic (exact) mass is 568 g/mol. The van der Waals surface area contributed by atoms with Crippen molar-refractivity contribution in [2.24, 2.45) is 0 Å². The average molecular weight is 569 g/mol. The summed E-state index contributed by atoms with van der Waals surface area (Å²) in [6.45, 7) is 3.64. The van der Waals surface area contributed by atoms with Gasteiger partial charge in [-0.05, 0) is 84.8 Å². The molecule has 0 aromatic heterocycles. The minimum absolute atomic E-state index is 0.185. The van der Waals surface area contributed by atoms with Gasteiger partial charge in [0.2, 0.25) is 5.91 Å². The molecule has 3 aromatic rings. The van der Waals surface area contributed by atoms with Crippen molar-refractivity contribution >= 4 is 56.5 Å². The second-order valence-electron chi connectivity index (χ2n) is 8.16. The van der Waals surface area contributed by atoms with Crippen LogP contribution < -0.4 is 10.1 Å². The van der Waals surface area contributed by atoms with Crippen molar-refractivity contribution in [1.29, 1.82) is 0 Å². The number of carbonyl (C=O) groups is 3. The first-order valence-electron chi connectivity index (χ1n) is 11.0. The molecule has 1 saturated heterocycles. The van der Waals surface area contributed by atoms with Gasteiger partial charge in [-0.3, -0.25) is 19.3 Å². The highest BCUT2D eigenvalue weighted by Crippen LogP contribution is 2.35. The first-order valence-corrected chi connectivity index (χ1v) is 12.6. The van der Waals surface area contributed by atoms with Gasteiger partial charge in [0.15, 0.2) is 0 Å². The Labute approximate surface area is 220 Å². The minimum atomic E-state index is -0.550. The predicted octanol–water partition coefficient (Wildman–Crippen LogP) is 6.46. The van der Waals surface area contributed by atoms with Gasteiger partial charge in [0.05, 0.1) is 4.91 Å². The van der Waals surface area contributed by atoms with Crippen molar-refractivity contribution in [3.8, 4) is 5.75 Å². The lowest BCUT2D eigenvalue weighted by molar-refractivity contribution is -0.127. The molecule has 1 fully saturated rings. The Morgan fingerprint density at radius 3 is 2.61 bits per heavy atom. The van der Waals surface area contributed by atoms with Crippen molar-refractivity contribution in [1.82, 2.24) is 4.90 Å². The molecule has 4 rings (SSSR count). The summed E-state index contributed by atoms with van der Waals surface area (Å²) in [6.07, 6.45) is 1.57. The largest absolute Gasteiger partial charge is 0.488 e. The van der Waals surface area contributed by atoms with Crippen LogP contribution >= 0.6 is 27.7 Å². The molecular formula is C27H22BrFN2O4S. The van der Waals surface area contributed by atoms with E-state index in [1.807, 2.05) is 26.0 Å². The number of imide groups is 1. The molecule has 1 aliphatic heterocycles. The van der Waals surface area contributed by atoms with Crippen molar-refractivity contribution in [2.45, 2.75) is 20.5 Å². The molecule has 36 heavy (non-hydrogen) atoms. The van der Waals surface area contributed by atoms with Crippen LogP contribution in [0.1, 0.15) is 22.3 Å². The molecule has 0 saturated carbocycles. The zero-order valence-electron chi connectivity index (χ0n) is 19.5. The Balaban J connectivity index is 1.48. The number of ether oxygens (including phenoxy) is 1. The molecule has 3 aromatic carbocycles. The topological polar surface area (TPSA) is 75.7 Å². The maximum absolute atomic E-state index is 13.2. The van der Waals surface area contributed by atoms with Crippen molar-refractivity contribution < 1.29 is 23.5 Å². The smallest absolute Gasteiger partial charge is 0.294 e. The molecule has 0 atom stereocenters. The van der Waals surface area contributed by atoms with Crippen LogP contribution in [0.3, 0.4) is 0 Å². The van der Waals surface area contributed by atoms with E-state index in [9.17, 15) is 18.8 Å². The number of nitrogens with one attached hydrogen (secondary N) is 1. The van der Waals surface area contributed by atoms with E-state index in [4.69, 9.17) is 4.74 Å². The van der Waals surface area contributed by atoms with E-state index in [1.54, 1.807) is 42.5 Å². The van der Waals surface area contributed by atoms with E-state index < -0.39 is 17.1 Å². The number of halogens is 2.